The van der Waals surface area contributed by atoms with Crippen molar-refractivity contribution in [3.8, 4) is 0 Å². The number of carbonyl (C=O) groups is 1. The molecule has 0 spiro atoms. The molecule has 0 aromatic carbocycles. The number of fused-ring (bicyclic) bond motifs is 1. The first-order chi connectivity index (χ1) is 4.88. The summed E-state index contributed by atoms with van der Waals surface area (Å²) >= 11 is 0. The lowest BCUT2D eigenvalue weighted by Gasteiger charge is -2.09. The number of allylic oxidation sites excluding steroid dienone is 4. The summed E-state index contributed by atoms with van der Waals surface area (Å²) < 4.78 is 0. The van der Waals surface area contributed by atoms with Crippen molar-refractivity contribution in [1.82, 2.24) is 0 Å². The lowest BCUT2D eigenvalue weighted by molar-refractivity contribution is -0.117. The predicted octanol–water partition coefficient (Wildman–Crippen LogP) is 1.85. The zero-order valence-corrected chi connectivity index (χ0v) is 5.84. The van der Waals surface area contributed by atoms with Crippen LogP contribution >= 0.6 is 0 Å². The summed E-state index contributed by atoms with van der Waals surface area (Å²) in [6.45, 7) is 0. The molecule has 0 aromatic heterocycles. The molecule has 0 heterocycles. The van der Waals surface area contributed by atoms with Crippen LogP contribution in [0.25, 0.3) is 0 Å². The Labute approximate surface area is 60.4 Å². The van der Waals surface area contributed by atoms with E-state index < -0.39 is 0 Å². The highest BCUT2D eigenvalue weighted by atomic mass is 16.1. The maximum atomic E-state index is 11.1. The van der Waals surface area contributed by atoms with Crippen LogP contribution in [0.1, 0.15) is 19.3 Å². The first-order valence-electron chi connectivity index (χ1n) is 3.79. The number of rotatable bonds is 0. The summed E-state index contributed by atoms with van der Waals surface area (Å²) in [7, 11) is 0. The van der Waals surface area contributed by atoms with E-state index in [9.17, 15) is 4.79 Å². The molecular weight excluding hydrogens is 124 g/mol. The Morgan fingerprint density at radius 3 is 3.20 bits per heavy atom. The Bertz CT molecular complexity index is 223. The molecule has 0 bridgehead atoms. The Balaban J connectivity index is 2.33. The van der Waals surface area contributed by atoms with Gasteiger partial charge in [-0.15, -0.1) is 0 Å². The summed E-state index contributed by atoms with van der Waals surface area (Å²) in [5.41, 5.74) is 1.35. The highest BCUT2D eigenvalue weighted by Crippen LogP contribution is 2.33. The van der Waals surface area contributed by atoms with Crippen molar-refractivity contribution < 1.29 is 4.79 Å². The standard InChI is InChI=1S/C9H10O/c10-9-6-2-4-7-3-1-5-8(7)9/h2,4,6,8H,1,3,5H2. The minimum Gasteiger partial charge on any atom is -0.294 e. The highest BCUT2D eigenvalue weighted by Gasteiger charge is 2.26. The minimum absolute atomic E-state index is 0.269. The molecular formula is C9H10O. The molecule has 1 unspecified atom stereocenters. The van der Waals surface area contributed by atoms with Crippen LogP contribution in [0, 0.1) is 5.92 Å². The lowest BCUT2D eigenvalue weighted by Crippen LogP contribution is -2.11. The normalized spacial score (nSPS) is 30.2. The molecule has 0 N–H and O–H groups in total. The second-order valence-electron chi connectivity index (χ2n) is 2.95. The molecule has 2 aliphatic carbocycles. The molecule has 1 saturated carbocycles. The second kappa shape index (κ2) is 2.08. The van der Waals surface area contributed by atoms with E-state index in [4.69, 9.17) is 0 Å². The average Bonchev–Trinajstić information content (AvgIpc) is 2.36. The molecule has 0 aromatic rings. The number of carbonyl (C=O) groups excluding carboxylic acids is 1. The Kier molecular flexibility index (Phi) is 1.23. The van der Waals surface area contributed by atoms with E-state index in [1.807, 2.05) is 6.08 Å². The van der Waals surface area contributed by atoms with Crippen molar-refractivity contribution >= 4 is 5.78 Å². The van der Waals surface area contributed by atoms with Crippen LogP contribution in [-0.4, -0.2) is 5.78 Å². The molecule has 0 radical (unpaired) electrons. The third kappa shape index (κ3) is 0.737. The van der Waals surface area contributed by atoms with Gasteiger partial charge < -0.3 is 0 Å². The van der Waals surface area contributed by atoms with Gasteiger partial charge in [0.05, 0.1) is 0 Å². The van der Waals surface area contributed by atoms with Crippen LogP contribution in [0.4, 0.5) is 0 Å². The third-order valence-corrected chi connectivity index (χ3v) is 2.32. The van der Waals surface area contributed by atoms with E-state index in [1.54, 1.807) is 6.08 Å². The Morgan fingerprint density at radius 1 is 1.50 bits per heavy atom. The molecule has 0 aliphatic heterocycles. The van der Waals surface area contributed by atoms with Gasteiger partial charge in [-0.1, -0.05) is 17.7 Å². The van der Waals surface area contributed by atoms with Crippen molar-refractivity contribution in [2.75, 3.05) is 0 Å². The molecule has 10 heavy (non-hydrogen) atoms. The number of ketones is 1. The lowest BCUT2D eigenvalue weighted by atomic mass is 9.94. The predicted molar refractivity (Wildman–Crippen MR) is 39.6 cm³/mol. The van der Waals surface area contributed by atoms with Gasteiger partial charge in [0.25, 0.3) is 0 Å². The average molecular weight is 134 g/mol. The summed E-state index contributed by atoms with van der Waals surface area (Å²) in [4.78, 5) is 11.1. The van der Waals surface area contributed by atoms with Crippen LogP contribution in [0.15, 0.2) is 23.8 Å². The van der Waals surface area contributed by atoms with E-state index in [0.29, 0.717) is 5.78 Å². The largest absolute Gasteiger partial charge is 0.294 e. The first-order valence-corrected chi connectivity index (χ1v) is 3.79. The van der Waals surface area contributed by atoms with Crippen LogP contribution < -0.4 is 0 Å². The monoisotopic (exact) mass is 134 g/mol. The van der Waals surface area contributed by atoms with Crippen molar-refractivity contribution in [2.24, 2.45) is 5.92 Å². The summed E-state index contributed by atoms with van der Waals surface area (Å²) in [5.74, 6) is 0.583. The van der Waals surface area contributed by atoms with Crippen molar-refractivity contribution in [3.05, 3.63) is 23.8 Å². The van der Waals surface area contributed by atoms with Crippen molar-refractivity contribution in [1.29, 1.82) is 0 Å². The third-order valence-electron chi connectivity index (χ3n) is 2.32. The second-order valence-corrected chi connectivity index (χ2v) is 2.95. The van der Waals surface area contributed by atoms with Gasteiger partial charge in [0.1, 0.15) is 0 Å². The fourth-order valence-electron chi connectivity index (χ4n) is 1.78. The van der Waals surface area contributed by atoms with Crippen LogP contribution in [-0.2, 0) is 4.79 Å². The van der Waals surface area contributed by atoms with E-state index in [1.165, 1.54) is 12.0 Å². The summed E-state index contributed by atoms with van der Waals surface area (Å²) in [6.07, 6.45) is 9.08. The van der Waals surface area contributed by atoms with Crippen LogP contribution in [0.5, 0.6) is 0 Å². The van der Waals surface area contributed by atoms with E-state index in [0.717, 1.165) is 12.8 Å². The fraction of sp³-hybridized carbons (Fsp3) is 0.444. The van der Waals surface area contributed by atoms with Gasteiger partial charge >= 0.3 is 0 Å². The molecule has 1 fully saturated rings. The summed E-state index contributed by atoms with van der Waals surface area (Å²) in [6, 6.07) is 0. The zero-order chi connectivity index (χ0) is 6.97. The van der Waals surface area contributed by atoms with E-state index in [2.05, 4.69) is 6.08 Å². The topological polar surface area (TPSA) is 17.1 Å². The number of hydrogen-bond donors (Lipinski definition) is 0. The highest BCUT2D eigenvalue weighted by molar-refractivity contribution is 5.95. The Hall–Kier alpha value is -0.850. The van der Waals surface area contributed by atoms with Crippen molar-refractivity contribution in [3.63, 3.8) is 0 Å². The first kappa shape index (κ1) is 5.90. The summed E-state index contributed by atoms with van der Waals surface area (Å²) in [5, 5.41) is 0. The molecule has 1 nitrogen and oxygen atoms in total. The molecule has 0 saturated heterocycles. The molecule has 52 valence electrons. The van der Waals surface area contributed by atoms with Gasteiger partial charge in [-0.05, 0) is 25.3 Å². The van der Waals surface area contributed by atoms with Gasteiger partial charge in [0.15, 0.2) is 5.78 Å². The van der Waals surface area contributed by atoms with Crippen LogP contribution in [0.3, 0.4) is 0 Å². The smallest absolute Gasteiger partial charge is 0.162 e. The quantitative estimate of drug-likeness (QED) is 0.494. The molecule has 1 atom stereocenters. The zero-order valence-electron chi connectivity index (χ0n) is 5.84. The fourth-order valence-corrected chi connectivity index (χ4v) is 1.78. The Morgan fingerprint density at radius 2 is 2.40 bits per heavy atom. The van der Waals surface area contributed by atoms with Gasteiger partial charge in [0, 0.05) is 5.92 Å². The van der Waals surface area contributed by atoms with Gasteiger partial charge in [-0.3, -0.25) is 4.79 Å². The molecule has 1 heteroatoms. The SMILES string of the molecule is O=C1C=CC=C2CCCC12. The maximum Gasteiger partial charge on any atom is 0.162 e. The molecule has 0 amide bonds. The molecule has 2 rings (SSSR count). The maximum absolute atomic E-state index is 11.1. The minimum atomic E-state index is 0.269. The van der Waals surface area contributed by atoms with Crippen LogP contribution in [0.2, 0.25) is 0 Å². The van der Waals surface area contributed by atoms with E-state index >= 15 is 0 Å². The van der Waals surface area contributed by atoms with Gasteiger partial charge in [-0.2, -0.15) is 0 Å². The van der Waals surface area contributed by atoms with Gasteiger partial charge in [-0.25, -0.2) is 0 Å². The van der Waals surface area contributed by atoms with Gasteiger partial charge in [0.2, 0.25) is 0 Å². The number of hydrogen-bond acceptors (Lipinski definition) is 1. The van der Waals surface area contributed by atoms with Crippen molar-refractivity contribution in [2.45, 2.75) is 19.3 Å². The molecule has 2 aliphatic rings. The van der Waals surface area contributed by atoms with E-state index in [-0.39, 0.29) is 5.92 Å².